The van der Waals surface area contributed by atoms with Crippen LogP contribution in [0.1, 0.15) is 27.8 Å². The first-order valence-electron chi connectivity index (χ1n) is 20.1. The summed E-state index contributed by atoms with van der Waals surface area (Å²) in [5.74, 6) is -1.24. The average molecular weight is 938 g/mol. The van der Waals surface area contributed by atoms with Crippen molar-refractivity contribution in [3.8, 4) is 11.5 Å². The summed E-state index contributed by atoms with van der Waals surface area (Å²) < 4.78 is 43.4. The summed E-state index contributed by atoms with van der Waals surface area (Å²) in [4.78, 5) is 10.8. The Balaban J connectivity index is 0.945. The van der Waals surface area contributed by atoms with E-state index in [1.54, 1.807) is 49.3 Å². The highest BCUT2D eigenvalue weighted by atomic mass is 35.5. The van der Waals surface area contributed by atoms with Gasteiger partial charge in [-0.25, -0.2) is 9.97 Å². The zero-order valence-corrected chi connectivity index (χ0v) is 37.1. The van der Waals surface area contributed by atoms with Crippen LogP contribution in [-0.4, -0.2) is 75.7 Å². The summed E-state index contributed by atoms with van der Waals surface area (Å²) in [5.41, 5.74) is 4.76. The van der Waals surface area contributed by atoms with Gasteiger partial charge in [-0.3, -0.25) is 4.90 Å². The molecule has 3 aliphatic rings. The summed E-state index contributed by atoms with van der Waals surface area (Å²) in [6.45, 7) is 3.90. The SMILES string of the molecule is Clc1ccc(/C=C\CN2CCc3cc(OCC4COC(Cn5ccnc5)(c5ccc(Cl)cc5Cl)O4)c(OCC4COC(Cn5ccnc5)(c5ccc(Cl)cc5Cl)O4)cc3C2)cc1. The Morgan fingerprint density at radius 1 is 0.661 bits per heavy atom. The molecule has 4 unspecified atom stereocenters. The van der Waals surface area contributed by atoms with Gasteiger partial charge in [-0.1, -0.05) is 94.4 Å². The first-order valence-corrected chi connectivity index (χ1v) is 22.0. The molecule has 0 spiro atoms. The number of nitrogens with zero attached hydrogens (tertiary/aromatic N) is 5. The number of hydrogen-bond donors (Lipinski definition) is 0. The molecule has 5 heterocycles. The molecule has 4 aromatic carbocycles. The second kappa shape index (κ2) is 18.9. The molecule has 2 fully saturated rings. The van der Waals surface area contributed by atoms with E-state index in [1.165, 1.54) is 5.56 Å². The minimum Gasteiger partial charge on any atom is -0.487 e. The number of fused-ring (bicyclic) bond motifs is 1. The van der Waals surface area contributed by atoms with Crippen molar-refractivity contribution in [2.45, 2.75) is 49.8 Å². The summed E-state index contributed by atoms with van der Waals surface area (Å²) in [5, 5.41) is 2.61. The lowest BCUT2D eigenvalue weighted by Crippen LogP contribution is -2.34. The van der Waals surface area contributed by atoms with Crippen LogP contribution in [0, 0.1) is 0 Å². The van der Waals surface area contributed by atoms with Gasteiger partial charge in [-0.15, -0.1) is 0 Å². The van der Waals surface area contributed by atoms with Crippen LogP contribution in [-0.2, 0) is 56.6 Å². The molecule has 9 rings (SSSR count). The van der Waals surface area contributed by atoms with E-state index in [0.717, 1.165) is 37.2 Å². The monoisotopic (exact) mass is 935 g/mol. The molecule has 2 saturated heterocycles. The fourth-order valence-corrected chi connectivity index (χ4v) is 9.26. The lowest BCUT2D eigenvalue weighted by Gasteiger charge is -2.30. The molecule has 2 aromatic heterocycles. The topological polar surface area (TPSA) is 94.3 Å². The largest absolute Gasteiger partial charge is 0.487 e. The Bertz CT molecular complexity index is 2510. The number of hydrogen-bond acceptors (Lipinski definition) is 9. The van der Waals surface area contributed by atoms with Gasteiger partial charge in [-0.05, 0) is 71.6 Å². The standard InChI is InChI=1S/C46H42Cl5N5O6/c47-34-5-3-31(4-6-34)2-1-14-54-15-11-32-18-43(57-23-37-25-59-45(61-37,27-55-16-12-52-29-55)39-9-7-35(48)20-41(39)50)44(19-33(32)22-54)58-24-38-26-60-46(62-38,28-56-17-13-53-30-56)40-10-8-36(49)21-42(40)51/h1-10,12-13,16-21,29-30,37-38H,11,14-15,22-28H2/b2-1-. The van der Waals surface area contributed by atoms with Gasteiger partial charge in [0.25, 0.3) is 0 Å². The molecule has 11 nitrogen and oxygen atoms in total. The average Bonchev–Trinajstić information content (AvgIpc) is 4.10. The highest BCUT2D eigenvalue weighted by molar-refractivity contribution is 6.35. The van der Waals surface area contributed by atoms with Crippen molar-refractivity contribution in [1.82, 2.24) is 24.0 Å². The van der Waals surface area contributed by atoms with Crippen molar-refractivity contribution in [2.24, 2.45) is 0 Å². The fraction of sp³-hybridized carbons (Fsp3) is 0.304. The van der Waals surface area contributed by atoms with Crippen LogP contribution in [0.5, 0.6) is 11.5 Å². The lowest BCUT2D eigenvalue weighted by atomic mass is 9.98. The first-order chi connectivity index (χ1) is 30.1. The Labute approximate surface area is 384 Å². The Morgan fingerprint density at radius 3 is 1.71 bits per heavy atom. The van der Waals surface area contributed by atoms with Gasteiger partial charge >= 0.3 is 0 Å². The van der Waals surface area contributed by atoms with Crippen molar-refractivity contribution in [3.63, 3.8) is 0 Å². The third-order valence-electron chi connectivity index (χ3n) is 11.1. The second-order valence-corrected chi connectivity index (χ2v) is 17.6. The van der Waals surface area contributed by atoms with Crippen molar-refractivity contribution in [1.29, 1.82) is 0 Å². The maximum absolute atomic E-state index is 6.75. The minimum atomic E-state index is -1.21. The van der Waals surface area contributed by atoms with Crippen molar-refractivity contribution >= 4 is 64.1 Å². The molecule has 322 valence electrons. The van der Waals surface area contributed by atoms with E-state index < -0.39 is 23.8 Å². The molecule has 4 atom stereocenters. The summed E-state index contributed by atoms with van der Waals surface area (Å²) >= 11 is 32.2. The van der Waals surface area contributed by atoms with E-state index >= 15 is 0 Å². The summed E-state index contributed by atoms with van der Waals surface area (Å²) in [7, 11) is 0. The van der Waals surface area contributed by atoms with E-state index in [9.17, 15) is 0 Å². The molecule has 3 aliphatic heterocycles. The molecule has 62 heavy (non-hydrogen) atoms. The molecule has 0 aliphatic carbocycles. The van der Waals surface area contributed by atoms with Gasteiger partial charge in [0.2, 0.25) is 11.6 Å². The highest BCUT2D eigenvalue weighted by Crippen LogP contribution is 2.43. The number of ether oxygens (including phenoxy) is 6. The van der Waals surface area contributed by atoms with E-state index in [0.29, 0.717) is 60.8 Å². The van der Waals surface area contributed by atoms with Gasteiger partial charge < -0.3 is 37.6 Å². The lowest BCUT2D eigenvalue weighted by molar-refractivity contribution is -0.189. The predicted molar refractivity (Wildman–Crippen MR) is 239 cm³/mol. The third kappa shape index (κ3) is 9.83. The summed E-state index contributed by atoms with van der Waals surface area (Å²) in [6, 6.07) is 22.5. The molecule has 0 radical (unpaired) electrons. The molecule has 16 heteroatoms. The number of aromatic nitrogens is 4. The molecule has 6 aromatic rings. The quantitative estimate of drug-likeness (QED) is 0.0998. The zero-order chi connectivity index (χ0) is 42.7. The van der Waals surface area contributed by atoms with Gasteiger partial charge in [0.15, 0.2) is 11.5 Å². The maximum Gasteiger partial charge on any atom is 0.215 e. The van der Waals surface area contributed by atoms with Gasteiger partial charge in [0.05, 0.1) is 49.0 Å². The fourth-order valence-electron chi connectivity index (χ4n) is 8.03. The first kappa shape index (κ1) is 43.2. The molecule has 0 bridgehead atoms. The van der Waals surface area contributed by atoms with E-state index in [4.69, 9.17) is 86.4 Å². The van der Waals surface area contributed by atoms with Gasteiger partial charge in [0.1, 0.15) is 25.4 Å². The van der Waals surface area contributed by atoms with Crippen LogP contribution in [0.25, 0.3) is 6.08 Å². The van der Waals surface area contributed by atoms with Gasteiger partial charge in [-0.2, -0.15) is 0 Å². The number of halogens is 5. The van der Waals surface area contributed by atoms with Crippen LogP contribution in [0.2, 0.25) is 25.1 Å². The van der Waals surface area contributed by atoms with E-state index in [-0.39, 0.29) is 26.4 Å². The van der Waals surface area contributed by atoms with Crippen molar-refractivity contribution in [2.75, 3.05) is 39.5 Å². The Morgan fingerprint density at radius 2 is 1.19 bits per heavy atom. The van der Waals surface area contributed by atoms with Crippen LogP contribution >= 0.6 is 58.0 Å². The van der Waals surface area contributed by atoms with E-state index in [1.807, 2.05) is 57.9 Å². The van der Waals surface area contributed by atoms with Crippen LogP contribution in [0.3, 0.4) is 0 Å². The third-order valence-corrected chi connectivity index (χ3v) is 12.4. The van der Waals surface area contributed by atoms with Crippen LogP contribution in [0.15, 0.2) is 116 Å². The van der Waals surface area contributed by atoms with Crippen molar-refractivity contribution in [3.05, 3.63) is 169 Å². The van der Waals surface area contributed by atoms with Crippen LogP contribution < -0.4 is 9.47 Å². The molecule has 0 amide bonds. The second-order valence-electron chi connectivity index (χ2n) is 15.5. The minimum absolute atomic E-state index is 0.172. The van der Waals surface area contributed by atoms with E-state index in [2.05, 4.69) is 39.2 Å². The molecular weight excluding hydrogens is 896 g/mol. The maximum atomic E-state index is 6.75. The summed E-state index contributed by atoms with van der Waals surface area (Å²) in [6.07, 6.45) is 14.8. The normalized spacial score (nSPS) is 22.7. The number of rotatable bonds is 15. The highest BCUT2D eigenvalue weighted by Gasteiger charge is 2.47. The number of imidazole rings is 2. The predicted octanol–water partition coefficient (Wildman–Crippen LogP) is 10.1. The zero-order valence-electron chi connectivity index (χ0n) is 33.3. The number of benzene rings is 4. The van der Waals surface area contributed by atoms with Crippen LogP contribution in [0.4, 0.5) is 0 Å². The van der Waals surface area contributed by atoms with Gasteiger partial charge in [0, 0.05) is 70.6 Å². The molecular formula is C46H42Cl5N5O6. The van der Waals surface area contributed by atoms with Crippen molar-refractivity contribution < 1.29 is 28.4 Å². The Hall–Kier alpha value is -4.11. The molecule has 0 N–H and O–H groups in total. The smallest absolute Gasteiger partial charge is 0.215 e. The molecule has 0 saturated carbocycles. The Kier molecular flexibility index (Phi) is 13.2.